The summed E-state index contributed by atoms with van der Waals surface area (Å²) in [6.07, 6.45) is 0. The molecule has 4 nitrogen and oxygen atoms in total. The molecule has 0 radical (unpaired) electrons. The minimum absolute atomic E-state index is 0.504. The van der Waals surface area contributed by atoms with E-state index in [2.05, 4.69) is 9.47 Å². The number of methoxy groups -OCH3 is 2. The number of ether oxygens (including phenoxy) is 2. The maximum Gasteiger partial charge on any atom is 0.343 e. The van der Waals surface area contributed by atoms with E-state index in [0.717, 1.165) is 14.2 Å². The van der Waals surface area contributed by atoms with E-state index >= 15 is 0 Å². The molecule has 82 valence electrons. The van der Waals surface area contributed by atoms with Crippen molar-refractivity contribution in [1.29, 1.82) is 0 Å². The normalized spacial score (nSPS) is 9.87. The van der Waals surface area contributed by atoms with Gasteiger partial charge in [-0.2, -0.15) is 0 Å². The Labute approximate surface area is 84.0 Å². The van der Waals surface area contributed by atoms with Crippen molar-refractivity contribution >= 4 is 5.97 Å². The topological polar surface area (TPSA) is 55.8 Å². The molecule has 0 aliphatic heterocycles. The van der Waals surface area contributed by atoms with E-state index in [9.17, 15) is 13.6 Å². The third kappa shape index (κ3) is 1.83. The van der Waals surface area contributed by atoms with Crippen molar-refractivity contribution < 1.29 is 28.2 Å². The fourth-order valence-corrected chi connectivity index (χ4v) is 1.18. The highest BCUT2D eigenvalue weighted by molar-refractivity contribution is 5.94. The van der Waals surface area contributed by atoms with Crippen molar-refractivity contribution in [3.8, 4) is 11.5 Å². The van der Waals surface area contributed by atoms with Crippen molar-refractivity contribution in [2.24, 2.45) is 0 Å². The second-order valence-electron chi connectivity index (χ2n) is 2.59. The summed E-state index contributed by atoms with van der Waals surface area (Å²) < 4.78 is 35.3. The second-order valence-corrected chi connectivity index (χ2v) is 2.59. The van der Waals surface area contributed by atoms with E-state index in [-0.39, 0.29) is 0 Å². The highest BCUT2D eigenvalue weighted by Crippen LogP contribution is 2.33. The lowest BCUT2D eigenvalue weighted by atomic mass is 10.1. The molecule has 0 spiro atoms. The largest absolute Gasteiger partial charge is 0.493 e. The number of carboxylic acid groups (broad SMARTS) is 1. The van der Waals surface area contributed by atoms with Gasteiger partial charge in [-0.1, -0.05) is 0 Å². The number of benzene rings is 1. The van der Waals surface area contributed by atoms with Gasteiger partial charge in [0.25, 0.3) is 0 Å². The Hall–Kier alpha value is -1.85. The zero-order chi connectivity index (χ0) is 11.6. The van der Waals surface area contributed by atoms with E-state index in [0.29, 0.717) is 6.07 Å². The van der Waals surface area contributed by atoms with E-state index < -0.39 is 34.7 Å². The quantitative estimate of drug-likeness (QED) is 0.838. The van der Waals surface area contributed by atoms with E-state index in [1.54, 1.807) is 0 Å². The molecule has 0 aliphatic rings. The fourth-order valence-electron chi connectivity index (χ4n) is 1.18. The minimum Gasteiger partial charge on any atom is -0.493 e. The summed E-state index contributed by atoms with van der Waals surface area (Å²) in [6, 6.07) is 0.504. The summed E-state index contributed by atoms with van der Waals surface area (Å²) in [5, 5.41) is 8.76. The Bertz CT molecular complexity index is 375. The third-order valence-corrected chi connectivity index (χ3v) is 1.76. The van der Waals surface area contributed by atoms with Crippen LogP contribution in [0.5, 0.6) is 11.5 Å². The van der Waals surface area contributed by atoms with E-state index in [4.69, 9.17) is 5.11 Å². The average Bonchev–Trinajstić information content (AvgIpc) is 2.16. The lowest BCUT2D eigenvalue weighted by Gasteiger charge is -2.11. The van der Waals surface area contributed by atoms with Gasteiger partial charge in [-0.05, 0) is 0 Å². The van der Waals surface area contributed by atoms with Crippen LogP contribution < -0.4 is 9.47 Å². The predicted octanol–water partition coefficient (Wildman–Crippen LogP) is 1.68. The zero-order valence-electron chi connectivity index (χ0n) is 8.01. The molecule has 1 N–H and O–H groups in total. The number of halogens is 2. The molecule has 6 heteroatoms. The smallest absolute Gasteiger partial charge is 0.343 e. The molecule has 0 saturated heterocycles. The SMILES string of the molecule is COc1c(F)cc(F)c(OC)c1C(=O)O. The average molecular weight is 218 g/mol. The molecule has 0 aliphatic carbocycles. The molecular formula is C9H8F2O4. The Balaban J connectivity index is 3.58. The second kappa shape index (κ2) is 4.12. The van der Waals surface area contributed by atoms with E-state index in [1.807, 2.05) is 0 Å². The van der Waals surface area contributed by atoms with Crippen molar-refractivity contribution in [3.05, 3.63) is 23.3 Å². The van der Waals surface area contributed by atoms with Crippen LogP contribution in [0.1, 0.15) is 10.4 Å². The molecule has 1 aromatic rings. The van der Waals surface area contributed by atoms with Crippen LogP contribution in [0, 0.1) is 11.6 Å². The van der Waals surface area contributed by atoms with Crippen LogP contribution in [0.2, 0.25) is 0 Å². The maximum absolute atomic E-state index is 13.1. The number of carboxylic acids is 1. The van der Waals surface area contributed by atoms with Gasteiger partial charge in [0.1, 0.15) is 5.56 Å². The Morgan fingerprint density at radius 1 is 1.20 bits per heavy atom. The summed E-state index contributed by atoms with van der Waals surface area (Å²) in [7, 11) is 2.17. The summed E-state index contributed by atoms with van der Waals surface area (Å²) in [5.41, 5.74) is -0.669. The maximum atomic E-state index is 13.1. The summed E-state index contributed by atoms with van der Waals surface area (Å²) in [6.45, 7) is 0. The van der Waals surface area contributed by atoms with Gasteiger partial charge in [-0.25, -0.2) is 13.6 Å². The zero-order valence-corrected chi connectivity index (χ0v) is 8.01. The monoisotopic (exact) mass is 218 g/mol. The minimum atomic E-state index is -1.53. The number of rotatable bonds is 3. The van der Waals surface area contributed by atoms with Crippen LogP contribution in [0.25, 0.3) is 0 Å². The lowest BCUT2D eigenvalue weighted by molar-refractivity contribution is 0.0687. The molecular weight excluding hydrogens is 210 g/mol. The molecule has 0 bridgehead atoms. The van der Waals surface area contributed by atoms with Gasteiger partial charge >= 0.3 is 5.97 Å². The van der Waals surface area contributed by atoms with Gasteiger partial charge in [0.2, 0.25) is 0 Å². The van der Waals surface area contributed by atoms with Crippen LogP contribution in [0.15, 0.2) is 6.07 Å². The summed E-state index contributed by atoms with van der Waals surface area (Å²) >= 11 is 0. The first kappa shape index (κ1) is 11.2. The fraction of sp³-hybridized carbons (Fsp3) is 0.222. The van der Waals surface area contributed by atoms with Crippen molar-refractivity contribution in [3.63, 3.8) is 0 Å². The highest BCUT2D eigenvalue weighted by atomic mass is 19.1. The summed E-state index contributed by atoms with van der Waals surface area (Å²) in [5.74, 6) is -4.81. The number of carbonyl (C=O) groups is 1. The molecule has 0 heterocycles. The molecule has 0 aromatic heterocycles. The van der Waals surface area contributed by atoms with Gasteiger partial charge in [0, 0.05) is 6.07 Å². The van der Waals surface area contributed by atoms with E-state index in [1.165, 1.54) is 0 Å². The van der Waals surface area contributed by atoms with Gasteiger partial charge in [-0.3, -0.25) is 0 Å². The molecule has 1 rings (SSSR count). The highest BCUT2D eigenvalue weighted by Gasteiger charge is 2.25. The molecule has 15 heavy (non-hydrogen) atoms. The molecule has 1 aromatic carbocycles. The van der Waals surface area contributed by atoms with Crippen LogP contribution in [-0.2, 0) is 0 Å². The first-order valence-electron chi connectivity index (χ1n) is 3.86. The van der Waals surface area contributed by atoms with Crippen molar-refractivity contribution in [2.75, 3.05) is 14.2 Å². The number of aromatic carboxylic acids is 1. The number of hydrogen-bond donors (Lipinski definition) is 1. The van der Waals surface area contributed by atoms with Crippen LogP contribution in [0.3, 0.4) is 0 Å². The van der Waals surface area contributed by atoms with Crippen LogP contribution >= 0.6 is 0 Å². The molecule has 0 fully saturated rings. The van der Waals surface area contributed by atoms with Crippen LogP contribution in [0.4, 0.5) is 8.78 Å². The Kier molecular flexibility index (Phi) is 3.08. The molecule has 0 atom stereocenters. The standard InChI is InChI=1S/C9H8F2O4/c1-14-7-4(10)3-5(11)8(15-2)6(7)9(12)13/h3H,1-2H3,(H,12,13). The van der Waals surface area contributed by atoms with Gasteiger partial charge in [0.05, 0.1) is 14.2 Å². The van der Waals surface area contributed by atoms with Gasteiger partial charge in [-0.15, -0.1) is 0 Å². The first-order chi connectivity index (χ1) is 7.02. The molecule has 0 unspecified atom stereocenters. The lowest BCUT2D eigenvalue weighted by Crippen LogP contribution is -2.07. The Morgan fingerprint density at radius 3 is 1.87 bits per heavy atom. The Morgan fingerprint density at radius 2 is 1.60 bits per heavy atom. The molecule has 0 saturated carbocycles. The molecule has 0 amide bonds. The predicted molar refractivity (Wildman–Crippen MR) is 46.4 cm³/mol. The number of hydrogen-bond acceptors (Lipinski definition) is 3. The van der Waals surface area contributed by atoms with Gasteiger partial charge < -0.3 is 14.6 Å². The van der Waals surface area contributed by atoms with Crippen LogP contribution in [-0.4, -0.2) is 25.3 Å². The third-order valence-electron chi connectivity index (χ3n) is 1.76. The van der Waals surface area contributed by atoms with Gasteiger partial charge in [0.15, 0.2) is 23.1 Å². The van der Waals surface area contributed by atoms with Crippen molar-refractivity contribution in [2.45, 2.75) is 0 Å². The van der Waals surface area contributed by atoms with Crippen molar-refractivity contribution in [1.82, 2.24) is 0 Å². The summed E-state index contributed by atoms with van der Waals surface area (Å²) in [4.78, 5) is 10.8. The first-order valence-corrected chi connectivity index (χ1v) is 3.86.